The van der Waals surface area contributed by atoms with Crippen molar-refractivity contribution in [3.05, 3.63) is 211 Å². The lowest BCUT2D eigenvalue weighted by Crippen LogP contribution is -2.18. The van der Waals surface area contributed by atoms with Crippen LogP contribution in [0.5, 0.6) is 0 Å². The number of nitrogens with one attached hydrogen (secondary N) is 2. The highest BCUT2D eigenvalue weighted by molar-refractivity contribution is 6.15. The summed E-state index contributed by atoms with van der Waals surface area (Å²) in [6.45, 7) is 0. The van der Waals surface area contributed by atoms with Gasteiger partial charge in [-0.25, -0.2) is 4.98 Å². The molecule has 0 radical (unpaired) electrons. The lowest BCUT2D eigenvalue weighted by molar-refractivity contribution is 0.884. The summed E-state index contributed by atoms with van der Waals surface area (Å²) in [5, 5.41) is 8.90. The molecule has 7 aromatic carbocycles. The maximum atomic E-state index is 5.05. The molecular formula is C54H37N5. The number of aromatic amines is 1. The van der Waals surface area contributed by atoms with Gasteiger partial charge in [-0.2, -0.15) is 0 Å². The lowest BCUT2D eigenvalue weighted by atomic mass is 9.85. The van der Waals surface area contributed by atoms with Gasteiger partial charge in [0.05, 0.1) is 34.2 Å². The first-order valence-electron chi connectivity index (χ1n) is 20.2. The van der Waals surface area contributed by atoms with Gasteiger partial charge in [0.15, 0.2) is 0 Å². The number of hydrogen-bond acceptors (Lipinski definition) is 3. The van der Waals surface area contributed by atoms with Crippen molar-refractivity contribution in [2.45, 2.75) is 12.1 Å². The van der Waals surface area contributed by atoms with E-state index in [9.17, 15) is 0 Å². The molecule has 278 valence electrons. The molecule has 0 fully saturated rings. The number of anilines is 1. The highest BCUT2D eigenvalue weighted by Gasteiger charge is 2.28. The highest BCUT2D eigenvalue weighted by Crippen LogP contribution is 2.48. The molecule has 5 heteroatoms. The van der Waals surface area contributed by atoms with Crippen molar-refractivity contribution in [1.29, 1.82) is 0 Å². The quantitative estimate of drug-likeness (QED) is 0.178. The Morgan fingerprint density at radius 2 is 1.39 bits per heavy atom. The van der Waals surface area contributed by atoms with E-state index in [1.807, 2.05) is 24.6 Å². The van der Waals surface area contributed by atoms with Gasteiger partial charge in [-0.1, -0.05) is 115 Å². The smallest absolute Gasteiger partial charge is 0.110 e. The van der Waals surface area contributed by atoms with E-state index < -0.39 is 0 Å². The summed E-state index contributed by atoms with van der Waals surface area (Å²) in [5.74, 6) is 0. The van der Waals surface area contributed by atoms with Gasteiger partial charge in [0, 0.05) is 45.7 Å². The highest BCUT2D eigenvalue weighted by atomic mass is 15.0. The minimum Gasteiger partial charge on any atom is -0.374 e. The van der Waals surface area contributed by atoms with Gasteiger partial charge in [0.25, 0.3) is 0 Å². The Morgan fingerprint density at radius 3 is 2.27 bits per heavy atom. The number of hydrogen-bond donors (Lipinski definition) is 2. The van der Waals surface area contributed by atoms with Crippen molar-refractivity contribution >= 4 is 44.5 Å². The third-order valence-electron chi connectivity index (χ3n) is 12.1. The van der Waals surface area contributed by atoms with Crippen molar-refractivity contribution in [3.63, 3.8) is 0 Å². The number of benzene rings is 7. The van der Waals surface area contributed by atoms with Crippen molar-refractivity contribution in [1.82, 2.24) is 14.5 Å². The SMILES string of the molecule is C1=CC(c2cc(-c3cccc(-c4cccc5c6cc7c(cc6n(-c6ccccc6)c45)C(c4ccc5ccccc5c4)Nc4ccccc4-7)c3)cc(-c3ccc[nH]3)n2)N=C1. The van der Waals surface area contributed by atoms with Gasteiger partial charge in [0.2, 0.25) is 0 Å². The largest absolute Gasteiger partial charge is 0.374 e. The molecule has 0 aliphatic carbocycles. The molecular weight excluding hydrogens is 719 g/mol. The molecule has 12 rings (SSSR count). The standard InChI is InChI=1S/C54H37N5/c1-2-16-40(17-3-1)59-52-33-46-44(42-18-6-7-21-47(42)58-53(46)38-25-24-34-12-4-5-13-35(34)29-38)32-45(52)43-20-9-19-41(54(43)59)37-15-8-14-36(28-37)39-30-50(48-22-10-26-55-48)57-51(31-39)49-23-11-27-56-49/h1-33,48,53,56,58H. The second-order valence-electron chi connectivity index (χ2n) is 15.5. The van der Waals surface area contributed by atoms with Crippen LogP contribution in [0, 0.1) is 0 Å². The number of H-pyrrole nitrogens is 1. The van der Waals surface area contributed by atoms with Crippen LogP contribution >= 0.6 is 0 Å². The summed E-state index contributed by atoms with van der Waals surface area (Å²) in [4.78, 5) is 13.1. The van der Waals surface area contributed by atoms with E-state index >= 15 is 0 Å². The number of para-hydroxylation sites is 3. The molecule has 0 saturated carbocycles. The fourth-order valence-electron chi connectivity index (χ4n) is 9.29. The summed E-state index contributed by atoms with van der Waals surface area (Å²) in [6.07, 6.45) is 7.89. The summed E-state index contributed by atoms with van der Waals surface area (Å²) >= 11 is 0. The average Bonchev–Trinajstić information content (AvgIpc) is 4.11. The summed E-state index contributed by atoms with van der Waals surface area (Å²) in [7, 11) is 0. The molecule has 2 aliphatic rings. The Hall–Kier alpha value is -7.76. The van der Waals surface area contributed by atoms with Gasteiger partial charge in [-0.05, 0) is 117 Å². The Kier molecular flexibility index (Phi) is 7.60. The monoisotopic (exact) mass is 755 g/mol. The first-order valence-corrected chi connectivity index (χ1v) is 20.2. The molecule has 5 nitrogen and oxygen atoms in total. The third-order valence-corrected chi connectivity index (χ3v) is 12.1. The molecule has 2 unspecified atom stereocenters. The molecule has 0 bridgehead atoms. The number of rotatable bonds is 6. The normalized spacial score (nSPS) is 15.5. The van der Waals surface area contributed by atoms with Crippen LogP contribution in [0.4, 0.5) is 5.69 Å². The van der Waals surface area contributed by atoms with Gasteiger partial charge >= 0.3 is 0 Å². The molecule has 59 heavy (non-hydrogen) atoms. The van der Waals surface area contributed by atoms with Crippen LogP contribution in [-0.2, 0) is 0 Å². The Morgan fingerprint density at radius 1 is 0.559 bits per heavy atom. The van der Waals surface area contributed by atoms with Crippen molar-refractivity contribution in [3.8, 4) is 50.5 Å². The van der Waals surface area contributed by atoms with E-state index in [0.717, 1.165) is 45.1 Å². The van der Waals surface area contributed by atoms with Crippen molar-refractivity contribution in [2.24, 2.45) is 4.99 Å². The zero-order valence-electron chi connectivity index (χ0n) is 32.0. The van der Waals surface area contributed by atoms with E-state index in [-0.39, 0.29) is 12.1 Å². The predicted octanol–water partition coefficient (Wildman–Crippen LogP) is 13.5. The van der Waals surface area contributed by atoms with E-state index in [2.05, 4.69) is 196 Å². The first kappa shape index (κ1) is 33.4. The lowest BCUT2D eigenvalue weighted by Gasteiger charge is -2.31. The topological polar surface area (TPSA) is 58.0 Å². The molecule has 0 amide bonds. The first-order chi connectivity index (χ1) is 29.2. The van der Waals surface area contributed by atoms with Crippen LogP contribution in [0.15, 0.2) is 199 Å². The number of aliphatic imine (C=N–C) groups is 1. The average molecular weight is 756 g/mol. The van der Waals surface area contributed by atoms with E-state index in [1.54, 1.807) is 0 Å². The summed E-state index contributed by atoms with van der Waals surface area (Å²) in [6, 6.07) is 64.0. The van der Waals surface area contributed by atoms with Crippen LogP contribution in [0.25, 0.3) is 83.0 Å². The van der Waals surface area contributed by atoms with E-state index in [0.29, 0.717) is 0 Å². The molecule has 2 atom stereocenters. The van der Waals surface area contributed by atoms with Crippen LogP contribution in [0.2, 0.25) is 0 Å². The van der Waals surface area contributed by atoms with Crippen LogP contribution < -0.4 is 5.32 Å². The van der Waals surface area contributed by atoms with Crippen molar-refractivity contribution in [2.75, 3.05) is 5.32 Å². The molecule has 0 saturated heterocycles. The summed E-state index contributed by atoms with van der Waals surface area (Å²) in [5.41, 5.74) is 17.0. The van der Waals surface area contributed by atoms with E-state index in [1.165, 1.54) is 60.4 Å². The van der Waals surface area contributed by atoms with Crippen molar-refractivity contribution < 1.29 is 0 Å². The zero-order valence-corrected chi connectivity index (χ0v) is 32.0. The molecule has 2 N–H and O–H groups in total. The fraction of sp³-hybridized carbons (Fsp3) is 0.0370. The van der Waals surface area contributed by atoms with Gasteiger partial charge in [0.1, 0.15) is 6.04 Å². The van der Waals surface area contributed by atoms with Gasteiger partial charge < -0.3 is 14.9 Å². The van der Waals surface area contributed by atoms with Crippen LogP contribution in [-0.4, -0.2) is 20.7 Å². The number of pyridine rings is 1. The Labute approximate surface area is 341 Å². The molecule has 5 heterocycles. The van der Waals surface area contributed by atoms with Crippen LogP contribution in [0.1, 0.15) is 28.9 Å². The minimum atomic E-state index is -0.101. The number of fused-ring (bicyclic) bond motifs is 7. The second-order valence-corrected chi connectivity index (χ2v) is 15.5. The molecule has 0 spiro atoms. The second kappa shape index (κ2) is 13.4. The number of aromatic nitrogens is 3. The number of nitrogens with zero attached hydrogens (tertiary/aromatic N) is 3. The fourth-order valence-corrected chi connectivity index (χ4v) is 9.29. The molecule has 3 aromatic heterocycles. The maximum Gasteiger partial charge on any atom is 0.110 e. The maximum absolute atomic E-state index is 5.05. The summed E-state index contributed by atoms with van der Waals surface area (Å²) < 4.78 is 2.48. The predicted molar refractivity (Wildman–Crippen MR) is 244 cm³/mol. The Balaban J connectivity index is 1.08. The minimum absolute atomic E-state index is 0.0289. The Bertz CT molecular complexity index is 3300. The van der Waals surface area contributed by atoms with Gasteiger partial charge in [-0.3, -0.25) is 4.99 Å². The van der Waals surface area contributed by atoms with Gasteiger partial charge in [-0.15, -0.1) is 0 Å². The number of allylic oxidation sites excluding steroid dienone is 1. The van der Waals surface area contributed by atoms with Crippen LogP contribution in [0.3, 0.4) is 0 Å². The third kappa shape index (κ3) is 5.54. The molecule has 10 aromatic rings. The zero-order chi connectivity index (χ0) is 38.9. The van der Waals surface area contributed by atoms with E-state index in [4.69, 9.17) is 4.98 Å². The molecule has 2 aliphatic heterocycles.